The van der Waals surface area contributed by atoms with Gasteiger partial charge in [0.2, 0.25) is 0 Å². The molecule has 0 unspecified atom stereocenters. The number of ether oxygens (including phenoxy) is 1. The Morgan fingerprint density at radius 1 is 1.27 bits per heavy atom. The highest BCUT2D eigenvalue weighted by atomic mass is 16.5. The van der Waals surface area contributed by atoms with Crippen molar-refractivity contribution in [3.05, 3.63) is 34.4 Å². The minimum atomic E-state index is -0.620. The van der Waals surface area contributed by atoms with E-state index in [0.29, 0.717) is 5.75 Å². The predicted molar refractivity (Wildman–Crippen MR) is 86.8 cm³/mol. The van der Waals surface area contributed by atoms with E-state index in [1.165, 1.54) is 5.56 Å². The summed E-state index contributed by atoms with van der Waals surface area (Å²) in [7, 11) is 0. The van der Waals surface area contributed by atoms with E-state index in [9.17, 15) is 10.2 Å². The van der Waals surface area contributed by atoms with Crippen molar-refractivity contribution < 1.29 is 14.9 Å². The predicted octanol–water partition coefficient (Wildman–Crippen LogP) is 3.89. The Bertz CT molecular complexity index is 789. The molecule has 2 aromatic rings. The molecule has 0 amide bonds. The van der Waals surface area contributed by atoms with Crippen molar-refractivity contribution in [1.29, 1.82) is 0 Å². The van der Waals surface area contributed by atoms with Gasteiger partial charge in [0, 0.05) is 10.9 Å². The van der Waals surface area contributed by atoms with Crippen LogP contribution in [0.25, 0.3) is 10.8 Å². The Hall–Kier alpha value is -1.74. The maximum Gasteiger partial charge on any atom is 0.169 e. The average molecular weight is 298 g/mol. The van der Waals surface area contributed by atoms with Gasteiger partial charge >= 0.3 is 0 Å². The van der Waals surface area contributed by atoms with Crippen LogP contribution in [0.5, 0.6) is 11.5 Å². The van der Waals surface area contributed by atoms with E-state index in [1.807, 2.05) is 6.92 Å². The number of hydrogen-bond donors (Lipinski definition) is 2. The van der Waals surface area contributed by atoms with E-state index >= 15 is 0 Å². The number of fused-ring (bicyclic) bond motifs is 2. The molecule has 1 aliphatic heterocycles. The highest BCUT2D eigenvalue weighted by molar-refractivity contribution is 5.99. The molecule has 0 bridgehead atoms. The van der Waals surface area contributed by atoms with Gasteiger partial charge in [-0.05, 0) is 53.7 Å². The highest BCUT2D eigenvalue weighted by Crippen LogP contribution is 2.53. The summed E-state index contributed by atoms with van der Waals surface area (Å²) in [4.78, 5) is 0. The van der Waals surface area contributed by atoms with Crippen molar-refractivity contribution in [2.45, 2.75) is 51.6 Å². The number of aromatic hydroxyl groups is 1. The van der Waals surface area contributed by atoms with Gasteiger partial charge in [-0.25, -0.2) is 0 Å². The van der Waals surface area contributed by atoms with Crippen LogP contribution in [-0.2, 0) is 11.8 Å². The topological polar surface area (TPSA) is 49.7 Å². The zero-order valence-electron chi connectivity index (χ0n) is 13.4. The SMILES string of the molecule is Cc1ccc2c3c(c(O)c4c2c1[C@@H](O)CO4)C(C)(C)CCC3. The number of phenols is 1. The van der Waals surface area contributed by atoms with E-state index in [0.717, 1.165) is 46.7 Å². The van der Waals surface area contributed by atoms with Gasteiger partial charge in [-0.2, -0.15) is 0 Å². The van der Waals surface area contributed by atoms with Gasteiger partial charge in [-0.1, -0.05) is 26.0 Å². The Morgan fingerprint density at radius 3 is 2.82 bits per heavy atom. The standard InChI is InChI=1S/C19H22O3/c1-10-6-7-11-12-5-4-8-19(2,3)16(12)17(21)18-15(11)14(10)13(20)9-22-18/h6-7,13,20-21H,4-5,8-9H2,1-3H3/t13-/m0/s1. The Labute approximate surface area is 130 Å². The minimum absolute atomic E-state index is 0.0488. The molecule has 0 saturated heterocycles. The largest absolute Gasteiger partial charge is 0.504 e. The molecule has 0 saturated carbocycles. The molecule has 116 valence electrons. The quantitative estimate of drug-likeness (QED) is 0.775. The number of rotatable bonds is 0. The van der Waals surface area contributed by atoms with Crippen molar-refractivity contribution >= 4 is 10.8 Å². The summed E-state index contributed by atoms with van der Waals surface area (Å²) < 4.78 is 5.75. The van der Waals surface area contributed by atoms with Crippen LogP contribution in [0, 0.1) is 6.92 Å². The number of aryl methyl sites for hydroxylation is 2. The lowest BCUT2D eigenvalue weighted by molar-refractivity contribution is 0.101. The lowest BCUT2D eigenvalue weighted by Gasteiger charge is -2.36. The van der Waals surface area contributed by atoms with Gasteiger partial charge in [0.15, 0.2) is 11.5 Å². The van der Waals surface area contributed by atoms with Crippen LogP contribution in [0.4, 0.5) is 0 Å². The summed E-state index contributed by atoms with van der Waals surface area (Å²) in [5.74, 6) is 0.846. The monoisotopic (exact) mass is 298 g/mol. The molecule has 1 aliphatic carbocycles. The molecule has 2 aliphatic rings. The molecule has 22 heavy (non-hydrogen) atoms. The second kappa shape index (κ2) is 4.39. The molecule has 0 spiro atoms. The van der Waals surface area contributed by atoms with E-state index < -0.39 is 6.10 Å². The summed E-state index contributed by atoms with van der Waals surface area (Å²) in [5, 5.41) is 23.3. The third-order valence-corrected chi connectivity index (χ3v) is 5.39. The van der Waals surface area contributed by atoms with Gasteiger partial charge < -0.3 is 14.9 Å². The first-order valence-electron chi connectivity index (χ1n) is 8.04. The number of hydrogen-bond acceptors (Lipinski definition) is 3. The van der Waals surface area contributed by atoms with Gasteiger partial charge in [0.05, 0.1) is 0 Å². The molecule has 2 N–H and O–H groups in total. The van der Waals surface area contributed by atoms with Crippen molar-refractivity contribution in [2.75, 3.05) is 6.61 Å². The molecule has 1 heterocycles. The Kier molecular flexibility index (Phi) is 2.77. The molecule has 1 atom stereocenters. The van der Waals surface area contributed by atoms with E-state index in [2.05, 4.69) is 26.0 Å². The van der Waals surface area contributed by atoms with E-state index in [1.54, 1.807) is 0 Å². The smallest absolute Gasteiger partial charge is 0.169 e. The van der Waals surface area contributed by atoms with Crippen molar-refractivity contribution in [1.82, 2.24) is 0 Å². The molecular formula is C19H22O3. The highest BCUT2D eigenvalue weighted by Gasteiger charge is 2.36. The second-order valence-electron chi connectivity index (χ2n) is 7.31. The fourth-order valence-electron chi connectivity index (χ4n) is 4.37. The number of aliphatic hydroxyl groups is 1. The molecule has 0 aromatic heterocycles. The third-order valence-electron chi connectivity index (χ3n) is 5.39. The zero-order chi connectivity index (χ0) is 15.6. The first-order chi connectivity index (χ1) is 10.4. The first kappa shape index (κ1) is 13.9. The fraction of sp³-hybridized carbons (Fsp3) is 0.474. The molecular weight excluding hydrogens is 276 g/mol. The Morgan fingerprint density at radius 2 is 2.05 bits per heavy atom. The maximum atomic E-state index is 10.9. The normalized spacial score (nSPS) is 22.3. The van der Waals surface area contributed by atoms with E-state index in [-0.39, 0.29) is 17.8 Å². The van der Waals surface area contributed by atoms with Crippen LogP contribution in [0.2, 0.25) is 0 Å². The molecule has 3 nitrogen and oxygen atoms in total. The molecule has 2 aromatic carbocycles. The summed E-state index contributed by atoms with van der Waals surface area (Å²) in [5.41, 5.74) is 4.19. The van der Waals surface area contributed by atoms with Crippen molar-refractivity contribution in [3.63, 3.8) is 0 Å². The zero-order valence-corrected chi connectivity index (χ0v) is 13.4. The molecule has 0 radical (unpaired) electrons. The summed E-state index contributed by atoms with van der Waals surface area (Å²) in [6.45, 7) is 6.60. The van der Waals surface area contributed by atoms with Crippen LogP contribution in [0.1, 0.15) is 55.0 Å². The maximum absolute atomic E-state index is 10.9. The molecule has 0 fully saturated rings. The van der Waals surface area contributed by atoms with Crippen LogP contribution >= 0.6 is 0 Å². The van der Waals surface area contributed by atoms with Crippen LogP contribution in [-0.4, -0.2) is 16.8 Å². The lowest BCUT2D eigenvalue weighted by atomic mass is 9.70. The number of phenolic OH excluding ortho intramolecular Hbond substituents is 1. The summed E-state index contributed by atoms with van der Waals surface area (Å²) in [6.07, 6.45) is 2.55. The Balaban J connectivity index is 2.20. The van der Waals surface area contributed by atoms with E-state index in [4.69, 9.17) is 4.74 Å². The van der Waals surface area contributed by atoms with Gasteiger partial charge in [0.1, 0.15) is 12.7 Å². The molecule has 3 heteroatoms. The van der Waals surface area contributed by atoms with Crippen LogP contribution < -0.4 is 4.74 Å². The third kappa shape index (κ3) is 1.66. The number of aliphatic hydroxyl groups excluding tert-OH is 1. The van der Waals surface area contributed by atoms with Gasteiger partial charge in [0.25, 0.3) is 0 Å². The van der Waals surface area contributed by atoms with Crippen molar-refractivity contribution in [3.8, 4) is 11.5 Å². The second-order valence-corrected chi connectivity index (χ2v) is 7.31. The van der Waals surface area contributed by atoms with Gasteiger partial charge in [-0.15, -0.1) is 0 Å². The van der Waals surface area contributed by atoms with Crippen LogP contribution in [0.3, 0.4) is 0 Å². The first-order valence-corrected chi connectivity index (χ1v) is 8.04. The number of benzene rings is 2. The fourth-order valence-corrected chi connectivity index (χ4v) is 4.37. The van der Waals surface area contributed by atoms with Crippen molar-refractivity contribution in [2.24, 2.45) is 0 Å². The van der Waals surface area contributed by atoms with Crippen LogP contribution in [0.15, 0.2) is 12.1 Å². The average Bonchev–Trinajstić information content (AvgIpc) is 2.45. The summed E-state index contributed by atoms with van der Waals surface area (Å²) in [6, 6.07) is 4.20. The molecule has 4 rings (SSSR count). The van der Waals surface area contributed by atoms with Gasteiger partial charge in [-0.3, -0.25) is 0 Å². The lowest BCUT2D eigenvalue weighted by Crippen LogP contribution is -2.26. The minimum Gasteiger partial charge on any atom is -0.504 e. The summed E-state index contributed by atoms with van der Waals surface area (Å²) >= 11 is 0.